The summed E-state index contributed by atoms with van der Waals surface area (Å²) in [6.07, 6.45) is 0.826. The van der Waals surface area contributed by atoms with E-state index in [-0.39, 0.29) is 11.9 Å². The van der Waals surface area contributed by atoms with Crippen molar-refractivity contribution in [1.82, 2.24) is 5.32 Å². The van der Waals surface area contributed by atoms with E-state index in [2.05, 4.69) is 66.1 Å². The number of nitrogens with one attached hydrogen (secondary N) is 1. The zero-order chi connectivity index (χ0) is 14.7. The quantitative estimate of drug-likeness (QED) is 0.542. The molecule has 0 spiro atoms. The van der Waals surface area contributed by atoms with Crippen LogP contribution in [0, 0.1) is 5.82 Å². The van der Waals surface area contributed by atoms with E-state index in [1.807, 2.05) is 12.1 Å². The van der Waals surface area contributed by atoms with E-state index < -0.39 is 0 Å². The first-order valence-electron chi connectivity index (χ1n) is 6.13. The molecule has 2 aromatic rings. The van der Waals surface area contributed by atoms with Crippen molar-refractivity contribution < 1.29 is 4.39 Å². The van der Waals surface area contributed by atoms with E-state index >= 15 is 0 Å². The van der Waals surface area contributed by atoms with Gasteiger partial charge in [-0.05, 0) is 84.5 Å². The number of benzene rings is 1. The van der Waals surface area contributed by atoms with Crippen molar-refractivity contribution in [2.45, 2.75) is 19.4 Å². The van der Waals surface area contributed by atoms with E-state index in [0.29, 0.717) is 4.47 Å². The average molecular weight is 486 g/mol. The Hall–Kier alpha value is 0.250. The van der Waals surface area contributed by atoms with Gasteiger partial charge in [-0.2, -0.15) is 0 Å². The predicted molar refractivity (Wildman–Crippen MR) is 93.9 cm³/mol. The zero-order valence-electron chi connectivity index (χ0n) is 10.7. The van der Waals surface area contributed by atoms with E-state index in [1.54, 1.807) is 11.3 Å². The molecule has 0 amide bonds. The molecule has 1 aromatic carbocycles. The Balaban J connectivity index is 2.22. The van der Waals surface area contributed by atoms with Crippen LogP contribution in [-0.2, 0) is 6.42 Å². The summed E-state index contributed by atoms with van der Waals surface area (Å²) >= 11 is 12.0. The number of rotatable bonds is 5. The molecule has 0 bridgehead atoms. The summed E-state index contributed by atoms with van der Waals surface area (Å²) in [7, 11) is 0. The fourth-order valence-electron chi connectivity index (χ4n) is 1.96. The summed E-state index contributed by atoms with van der Waals surface area (Å²) in [6.45, 7) is 2.98. The van der Waals surface area contributed by atoms with E-state index in [4.69, 9.17) is 0 Å². The molecule has 0 aliphatic carbocycles. The average Bonchev–Trinajstić information content (AvgIpc) is 2.73. The SMILES string of the molecule is CCNC(Cc1ccc(F)c(Br)c1)c1cc(Br)c(Br)s1. The molecule has 0 aliphatic heterocycles. The first-order valence-corrected chi connectivity index (χ1v) is 9.32. The summed E-state index contributed by atoms with van der Waals surface area (Å²) in [4.78, 5) is 1.26. The third-order valence-electron chi connectivity index (χ3n) is 2.88. The summed E-state index contributed by atoms with van der Waals surface area (Å²) < 4.78 is 16.0. The van der Waals surface area contributed by atoms with Crippen molar-refractivity contribution in [3.63, 3.8) is 0 Å². The van der Waals surface area contributed by atoms with Gasteiger partial charge in [0.15, 0.2) is 0 Å². The predicted octanol–water partition coefficient (Wildman–Crippen LogP) is 6.07. The van der Waals surface area contributed by atoms with Crippen LogP contribution in [0.1, 0.15) is 23.4 Å². The van der Waals surface area contributed by atoms with Crippen molar-refractivity contribution in [3.8, 4) is 0 Å². The van der Waals surface area contributed by atoms with Crippen LogP contribution >= 0.6 is 59.1 Å². The molecule has 0 fully saturated rings. The molecule has 20 heavy (non-hydrogen) atoms. The Bertz CT molecular complexity index is 581. The fourth-order valence-corrected chi connectivity index (χ4v) is 4.55. The molecule has 1 heterocycles. The van der Waals surface area contributed by atoms with Crippen molar-refractivity contribution >= 4 is 59.1 Å². The van der Waals surface area contributed by atoms with Crippen molar-refractivity contribution in [2.75, 3.05) is 6.54 Å². The summed E-state index contributed by atoms with van der Waals surface area (Å²) in [6, 6.07) is 7.54. The van der Waals surface area contributed by atoms with E-state index in [0.717, 1.165) is 26.8 Å². The highest BCUT2D eigenvalue weighted by molar-refractivity contribution is 9.13. The standard InChI is InChI=1S/C14H13Br3FNS/c1-2-19-12(13-7-10(16)14(17)20-13)6-8-3-4-11(18)9(15)5-8/h3-5,7,12,19H,2,6H2,1H3. The topological polar surface area (TPSA) is 12.0 Å². The van der Waals surface area contributed by atoms with Gasteiger partial charge in [0.05, 0.1) is 8.26 Å². The molecule has 108 valence electrons. The lowest BCUT2D eigenvalue weighted by molar-refractivity contribution is 0.556. The second-order valence-corrected chi connectivity index (χ2v) is 8.44. The normalized spacial score (nSPS) is 12.7. The Morgan fingerprint density at radius 3 is 2.50 bits per heavy atom. The van der Waals surface area contributed by atoms with Gasteiger partial charge in [0, 0.05) is 15.4 Å². The molecular formula is C14H13Br3FNS. The van der Waals surface area contributed by atoms with Crippen LogP contribution in [0.4, 0.5) is 4.39 Å². The molecular weight excluding hydrogens is 473 g/mol. The van der Waals surface area contributed by atoms with Gasteiger partial charge in [-0.25, -0.2) is 4.39 Å². The maximum Gasteiger partial charge on any atom is 0.137 e. The lowest BCUT2D eigenvalue weighted by atomic mass is 10.0. The minimum absolute atomic E-state index is 0.227. The van der Waals surface area contributed by atoms with Crippen molar-refractivity contribution in [3.05, 3.63) is 53.3 Å². The molecule has 0 saturated heterocycles. The maximum atomic E-state index is 13.3. The lowest BCUT2D eigenvalue weighted by Crippen LogP contribution is -2.22. The number of hydrogen-bond acceptors (Lipinski definition) is 2. The largest absolute Gasteiger partial charge is 0.309 e. The Morgan fingerprint density at radius 1 is 1.20 bits per heavy atom. The smallest absolute Gasteiger partial charge is 0.137 e. The van der Waals surface area contributed by atoms with Crippen LogP contribution in [0.2, 0.25) is 0 Å². The van der Waals surface area contributed by atoms with Crippen LogP contribution in [0.25, 0.3) is 0 Å². The molecule has 2 rings (SSSR count). The second-order valence-electron chi connectivity index (χ2n) is 4.33. The Morgan fingerprint density at radius 2 is 1.95 bits per heavy atom. The van der Waals surface area contributed by atoms with Crippen LogP contribution in [-0.4, -0.2) is 6.54 Å². The Kier molecular flexibility index (Phi) is 6.23. The van der Waals surface area contributed by atoms with Crippen LogP contribution in [0.15, 0.2) is 37.0 Å². The molecule has 0 aliphatic rings. The first kappa shape index (κ1) is 16.6. The van der Waals surface area contributed by atoms with Gasteiger partial charge < -0.3 is 5.32 Å². The highest BCUT2D eigenvalue weighted by atomic mass is 79.9. The van der Waals surface area contributed by atoms with Gasteiger partial charge in [-0.1, -0.05) is 13.0 Å². The molecule has 0 saturated carbocycles. The molecule has 6 heteroatoms. The van der Waals surface area contributed by atoms with Crippen LogP contribution in [0.5, 0.6) is 0 Å². The van der Waals surface area contributed by atoms with Crippen LogP contribution in [0.3, 0.4) is 0 Å². The molecule has 1 aromatic heterocycles. The molecule has 1 nitrogen and oxygen atoms in total. The van der Waals surface area contributed by atoms with E-state index in [1.165, 1.54) is 10.9 Å². The number of hydrogen-bond donors (Lipinski definition) is 1. The lowest BCUT2D eigenvalue weighted by Gasteiger charge is -2.16. The molecule has 1 unspecified atom stereocenters. The van der Waals surface area contributed by atoms with Gasteiger partial charge in [0.25, 0.3) is 0 Å². The van der Waals surface area contributed by atoms with Crippen LogP contribution < -0.4 is 5.32 Å². The minimum Gasteiger partial charge on any atom is -0.309 e. The first-order chi connectivity index (χ1) is 9.51. The van der Waals surface area contributed by atoms with Crippen molar-refractivity contribution in [2.24, 2.45) is 0 Å². The van der Waals surface area contributed by atoms with Gasteiger partial charge in [0.1, 0.15) is 5.82 Å². The zero-order valence-corrected chi connectivity index (χ0v) is 16.3. The monoisotopic (exact) mass is 483 g/mol. The highest BCUT2D eigenvalue weighted by Crippen LogP contribution is 2.36. The second kappa shape index (κ2) is 7.49. The van der Waals surface area contributed by atoms with Crippen molar-refractivity contribution in [1.29, 1.82) is 0 Å². The van der Waals surface area contributed by atoms with Gasteiger partial charge in [-0.15, -0.1) is 11.3 Å². The van der Waals surface area contributed by atoms with Gasteiger partial charge in [0.2, 0.25) is 0 Å². The maximum absolute atomic E-state index is 13.3. The number of likely N-dealkylation sites (N-methyl/N-ethyl adjacent to an activating group) is 1. The summed E-state index contributed by atoms with van der Waals surface area (Å²) in [5.74, 6) is -0.227. The third kappa shape index (κ3) is 4.13. The molecule has 0 radical (unpaired) electrons. The van der Waals surface area contributed by atoms with E-state index in [9.17, 15) is 4.39 Å². The highest BCUT2D eigenvalue weighted by Gasteiger charge is 2.16. The number of thiophene rings is 1. The third-order valence-corrected chi connectivity index (χ3v) is 6.86. The fraction of sp³-hybridized carbons (Fsp3) is 0.286. The van der Waals surface area contributed by atoms with Gasteiger partial charge >= 0.3 is 0 Å². The number of halogens is 4. The molecule has 1 atom stereocenters. The van der Waals surface area contributed by atoms with Gasteiger partial charge in [-0.3, -0.25) is 0 Å². The summed E-state index contributed by atoms with van der Waals surface area (Å²) in [5.41, 5.74) is 1.10. The summed E-state index contributed by atoms with van der Waals surface area (Å²) in [5, 5.41) is 3.48. The minimum atomic E-state index is -0.227. The Labute approximate surface area is 147 Å². The molecule has 1 N–H and O–H groups in total.